The number of piperidine rings is 1. The highest BCUT2D eigenvalue weighted by molar-refractivity contribution is 5.79. The van der Waals surface area contributed by atoms with E-state index in [1.165, 1.54) is 38.5 Å². The molecule has 116 valence electrons. The molecule has 4 heteroatoms. The Morgan fingerprint density at radius 2 is 2.05 bits per heavy atom. The zero-order valence-electron chi connectivity index (χ0n) is 13.2. The van der Waals surface area contributed by atoms with Crippen molar-refractivity contribution in [2.24, 2.45) is 0 Å². The molecule has 2 fully saturated rings. The minimum atomic E-state index is 0.345. The highest BCUT2D eigenvalue weighted by atomic mass is 16.2. The minimum Gasteiger partial charge on any atom is -0.339 e. The third-order valence-electron chi connectivity index (χ3n) is 4.54. The number of amides is 1. The maximum absolute atomic E-state index is 12.5. The van der Waals surface area contributed by atoms with Gasteiger partial charge in [-0.3, -0.25) is 9.69 Å². The van der Waals surface area contributed by atoms with Gasteiger partial charge in [-0.05, 0) is 52.1 Å². The third-order valence-corrected chi connectivity index (χ3v) is 4.54. The van der Waals surface area contributed by atoms with Gasteiger partial charge in [-0.15, -0.1) is 0 Å². The van der Waals surface area contributed by atoms with Gasteiger partial charge in [0.05, 0.1) is 6.54 Å². The van der Waals surface area contributed by atoms with Crippen molar-refractivity contribution in [2.45, 2.75) is 64.5 Å². The van der Waals surface area contributed by atoms with Gasteiger partial charge in [-0.25, -0.2) is 0 Å². The van der Waals surface area contributed by atoms with E-state index >= 15 is 0 Å². The van der Waals surface area contributed by atoms with E-state index in [0.29, 0.717) is 24.5 Å². The summed E-state index contributed by atoms with van der Waals surface area (Å²) in [5, 5.41) is 3.52. The molecule has 1 amide bonds. The Labute approximate surface area is 123 Å². The fraction of sp³-hybridized carbons (Fsp3) is 0.938. The van der Waals surface area contributed by atoms with E-state index in [0.717, 1.165) is 26.2 Å². The van der Waals surface area contributed by atoms with E-state index in [-0.39, 0.29) is 0 Å². The number of carbonyl (C=O) groups is 1. The van der Waals surface area contributed by atoms with Crippen LogP contribution in [-0.4, -0.2) is 60.5 Å². The Bertz CT molecular complexity index is 304. The third kappa shape index (κ3) is 4.45. The fourth-order valence-corrected chi connectivity index (χ4v) is 3.23. The molecule has 1 saturated carbocycles. The van der Waals surface area contributed by atoms with Crippen LogP contribution in [0.4, 0.5) is 0 Å². The summed E-state index contributed by atoms with van der Waals surface area (Å²) in [7, 11) is 0. The Balaban J connectivity index is 1.82. The highest BCUT2D eigenvalue weighted by Gasteiger charge is 2.33. The topological polar surface area (TPSA) is 35.6 Å². The Hall–Kier alpha value is -0.610. The van der Waals surface area contributed by atoms with Gasteiger partial charge < -0.3 is 10.2 Å². The SMILES string of the molecule is CCCNCC1CCCCN1CC(=O)N(CC)C1CC1. The lowest BCUT2D eigenvalue weighted by atomic mass is 10.0. The largest absolute Gasteiger partial charge is 0.339 e. The smallest absolute Gasteiger partial charge is 0.236 e. The molecule has 0 bridgehead atoms. The molecule has 20 heavy (non-hydrogen) atoms. The Morgan fingerprint density at radius 1 is 1.25 bits per heavy atom. The standard InChI is InChI=1S/C16H31N3O/c1-3-10-17-12-15-7-5-6-11-18(15)13-16(20)19(4-2)14-8-9-14/h14-15,17H,3-13H2,1-2H3. The Morgan fingerprint density at radius 3 is 2.70 bits per heavy atom. The van der Waals surface area contributed by atoms with Gasteiger partial charge in [0.1, 0.15) is 0 Å². The molecule has 0 aromatic rings. The second-order valence-electron chi connectivity index (χ2n) is 6.24. The van der Waals surface area contributed by atoms with Crippen molar-refractivity contribution < 1.29 is 4.79 Å². The van der Waals surface area contributed by atoms with Crippen molar-refractivity contribution >= 4 is 5.91 Å². The summed E-state index contributed by atoms with van der Waals surface area (Å²) in [5.41, 5.74) is 0. The van der Waals surface area contributed by atoms with Crippen LogP contribution in [0, 0.1) is 0 Å². The molecule has 2 rings (SSSR count). The molecule has 1 aliphatic carbocycles. The summed E-state index contributed by atoms with van der Waals surface area (Å²) < 4.78 is 0. The lowest BCUT2D eigenvalue weighted by molar-refractivity contribution is -0.133. The summed E-state index contributed by atoms with van der Waals surface area (Å²) in [6.07, 6.45) is 7.38. The Kier molecular flexibility index (Phi) is 6.30. The molecule has 4 nitrogen and oxygen atoms in total. The van der Waals surface area contributed by atoms with Crippen LogP contribution in [0.3, 0.4) is 0 Å². The van der Waals surface area contributed by atoms with E-state index < -0.39 is 0 Å². The zero-order valence-corrected chi connectivity index (χ0v) is 13.2. The molecular formula is C16H31N3O. The lowest BCUT2D eigenvalue weighted by Crippen LogP contribution is -2.50. The first kappa shape index (κ1) is 15.8. The number of rotatable bonds is 8. The molecule has 1 atom stereocenters. The van der Waals surface area contributed by atoms with E-state index in [9.17, 15) is 4.79 Å². The molecule has 0 aromatic carbocycles. The number of likely N-dealkylation sites (N-methyl/N-ethyl adjacent to an activating group) is 1. The van der Waals surface area contributed by atoms with Gasteiger partial charge in [0.2, 0.25) is 5.91 Å². The van der Waals surface area contributed by atoms with Gasteiger partial charge in [0.15, 0.2) is 0 Å². The van der Waals surface area contributed by atoms with Crippen LogP contribution in [0.5, 0.6) is 0 Å². The molecule has 0 aromatic heterocycles. The average molecular weight is 281 g/mol. The summed E-state index contributed by atoms with van der Waals surface area (Å²) in [5.74, 6) is 0.345. The summed E-state index contributed by atoms with van der Waals surface area (Å²) >= 11 is 0. The number of nitrogens with one attached hydrogen (secondary N) is 1. The van der Waals surface area contributed by atoms with Crippen molar-refractivity contribution in [2.75, 3.05) is 32.7 Å². The maximum atomic E-state index is 12.5. The van der Waals surface area contributed by atoms with Gasteiger partial charge >= 0.3 is 0 Å². The number of nitrogens with zero attached hydrogens (tertiary/aromatic N) is 2. The van der Waals surface area contributed by atoms with E-state index in [1.807, 2.05) is 0 Å². The van der Waals surface area contributed by atoms with E-state index in [1.54, 1.807) is 0 Å². The van der Waals surface area contributed by atoms with Crippen molar-refractivity contribution in [1.29, 1.82) is 0 Å². The summed E-state index contributed by atoms with van der Waals surface area (Å²) in [6, 6.07) is 1.10. The van der Waals surface area contributed by atoms with Crippen LogP contribution in [-0.2, 0) is 4.79 Å². The first-order chi connectivity index (χ1) is 9.76. The van der Waals surface area contributed by atoms with Crippen LogP contribution in [0.1, 0.15) is 52.4 Å². The van der Waals surface area contributed by atoms with E-state index in [2.05, 4.69) is 29.0 Å². The van der Waals surface area contributed by atoms with Crippen LogP contribution in [0.2, 0.25) is 0 Å². The van der Waals surface area contributed by atoms with Gasteiger partial charge in [0, 0.05) is 25.2 Å². The normalized spacial score (nSPS) is 23.8. The molecule has 0 radical (unpaired) electrons. The first-order valence-corrected chi connectivity index (χ1v) is 8.50. The minimum absolute atomic E-state index is 0.345. The monoisotopic (exact) mass is 281 g/mol. The molecule has 1 saturated heterocycles. The molecule has 1 aliphatic heterocycles. The fourth-order valence-electron chi connectivity index (χ4n) is 3.23. The summed E-state index contributed by atoms with van der Waals surface area (Å²) in [4.78, 5) is 17.0. The van der Waals surface area contributed by atoms with Crippen LogP contribution in [0.25, 0.3) is 0 Å². The predicted octanol–water partition coefficient (Wildman–Crippen LogP) is 1.85. The molecule has 1 N–H and O–H groups in total. The second kappa shape index (κ2) is 7.99. The van der Waals surface area contributed by atoms with Crippen molar-refractivity contribution in [3.8, 4) is 0 Å². The molecular weight excluding hydrogens is 250 g/mol. The average Bonchev–Trinajstić information content (AvgIpc) is 3.26. The second-order valence-corrected chi connectivity index (χ2v) is 6.24. The number of likely N-dealkylation sites (tertiary alicyclic amines) is 1. The van der Waals surface area contributed by atoms with Crippen molar-refractivity contribution in [3.63, 3.8) is 0 Å². The lowest BCUT2D eigenvalue weighted by Gasteiger charge is -2.36. The van der Waals surface area contributed by atoms with Crippen LogP contribution in [0.15, 0.2) is 0 Å². The number of carbonyl (C=O) groups excluding carboxylic acids is 1. The molecule has 1 unspecified atom stereocenters. The molecule has 1 heterocycles. The zero-order chi connectivity index (χ0) is 14.4. The quantitative estimate of drug-likeness (QED) is 0.690. The van der Waals surface area contributed by atoms with E-state index in [4.69, 9.17) is 0 Å². The molecule has 0 spiro atoms. The highest BCUT2D eigenvalue weighted by Crippen LogP contribution is 2.27. The predicted molar refractivity (Wildman–Crippen MR) is 82.8 cm³/mol. The van der Waals surface area contributed by atoms with Crippen molar-refractivity contribution in [1.82, 2.24) is 15.1 Å². The van der Waals surface area contributed by atoms with Gasteiger partial charge in [-0.1, -0.05) is 13.3 Å². The maximum Gasteiger partial charge on any atom is 0.236 e. The van der Waals surface area contributed by atoms with Gasteiger partial charge in [0.25, 0.3) is 0 Å². The van der Waals surface area contributed by atoms with Crippen LogP contribution >= 0.6 is 0 Å². The number of hydrogen-bond acceptors (Lipinski definition) is 3. The van der Waals surface area contributed by atoms with Crippen LogP contribution < -0.4 is 5.32 Å². The summed E-state index contributed by atoms with van der Waals surface area (Å²) in [6.45, 7) is 9.01. The van der Waals surface area contributed by atoms with Crippen molar-refractivity contribution in [3.05, 3.63) is 0 Å². The molecule has 2 aliphatic rings. The van der Waals surface area contributed by atoms with Gasteiger partial charge in [-0.2, -0.15) is 0 Å². The first-order valence-electron chi connectivity index (χ1n) is 8.50. The number of hydrogen-bond donors (Lipinski definition) is 1.